The van der Waals surface area contributed by atoms with E-state index in [1.54, 1.807) is 0 Å². The Morgan fingerprint density at radius 1 is 0.433 bits per heavy atom. The predicted octanol–water partition coefficient (Wildman–Crippen LogP) is 16.7. The Hall–Kier alpha value is -7.66. The molecule has 0 amide bonds. The number of para-hydroxylation sites is 2. The quantitative estimate of drug-likeness (QED) is 0.166. The highest BCUT2D eigenvalue weighted by Gasteiger charge is 2.38. The van der Waals surface area contributed by atoms with Crippen LogP contribution in [0.5, 0.6) is 0 Å². The van der Waals surface area contributed by atoms with Crippen LogP contribution in [0.15, 0.2) is 199 Å². The molecule has 1 aromatic heterocycles. The number of hydrogen-bond acceptors (Lipinski definition) is 4. The minimum atomic E-state index is -0.145. The first-order valence-corrected chi connectivity index (χ1v) is 23.6. The molecule has 2 heterocycles. The average molecular weight is 867 g/mol. The SMILES string of the molecule is CC1(C)c2ccccc2-c2ccc(N(c3ccc(-c4cc5c(cc4-c4ccc6c(c4)CCOCN6c4ccccc4)-c4ccccc4C5(C)C)cc3)c3ccc4c(c3)oc3ccccc34)cc21. The Morgan fingerprint density at radius 2 is 1.03 bits per heavy atom. The van der Waals surface area contributed by atoms with Crippen LogP contribution < -0.4 is 9.80 Å². The lowest BCUT2D eigenvalue weighted by molar-refractivity contribution is 0.148. The minimum Gasteiger partial charge on any atom is -0.456 e. The van der Waals surface area contributed by atoms with Gasteiger partial charge >= 0.3 is 0 Å². The van der Waals surface area contributed by atoms with E-state index in [1.807, 2.05) is 6.07 Å². The molecule has 67 heavy (non-hydrogen) atoms. The molecule has 0 atom stereocenters. The summed E-state index contributed by atoms with van der Waals surface area (Å²) in [4.78, 5) is 4.69. The van der Waals surface area contributed by atoms with E-state index in [2.05, 4.69) is 226 Å². The van der Waals surface area contributed by atoms with Crippen LogP contribution in [0.4, 0.5) is 28.4 Å². The summed E-state index contributed by atoms with van der Waals surface area (Å²) >= 11 is 0. The van der Waals surface area contributed by atoms with E-state index < -0.39 is 0 Å². The number of anilines is 5. The van der Waals surface area contributed by atoms with Crippen LogP contribution in [0.1, 0.15) is 55.5 Å². The lowest BCUT2D eigenvalue weighted by Crippen LogP contribution is -2.19. The van der Waals surface area contributed by atoms with Crippen molar-refractivity contribution in [3.05, 3.63) is 222 Å². The van der Waals surface area contributed by atoms with Gasteiger partial charge in [-0.3, -0.25) is 0 Å². The Morgan fingerprint density at radius 3 is 1.82 bits per heavy atom. The van der Waals surface area contributed by atoms with Gasteiger partial charge in [-0.05, 0) is 158 Å². The lowest BCUT2D eigenvalue weighted by atomic mass is 9.80. The maximum absolute atomic E-state index is 6.51. The van der Waals surface area contributed by atoms with E-state index in [-0.39, 0.29) is 10.8 Å². The summed E-state index contributed by atoms with van der Waals surface area (Å²) < 4.78 is 12.7. The molecule has 9 aromatic carbocycles. The summed E-state index contributed by atoms with van der Waals surface area (Å²) in [5, 5.41) is 2.25. The zero-order valence-electron chi connectivity index (χ0n) is 38.3. The van der Waals surface area contributed by atoms with Crippen molar-refractivity contribution in [3.63, 3.8) is 0 Å². The smallest absolute Gasteiger partial charge is 0.137 e. The summed E-state index contributed by atoms with van der Waals surface area (Å²) in [6.45, 7) is 10.7. The summed E-state index contributed by atoms with van der Waals surface area (Å²) in [6, 6.07) is 71.6. The van der Waals surface area contributed by atoms with Crippen LogP contribution in [0.3, 0.4) is 0 Å². The Labute approximate surface area is 392 Å². The molecule has 10 aromatic rings. The van der Waals surface area contributed by atoms with E-state index in [0.29, 0.717) is 13.3 Å². The van der Waals surface area contributed by atoms with Crippen LogP contribution in [-0.4, -0.2) is 13.3 Å². The van der Waals surface area contributed by atoms with Gasteiger partial charge in [-0.1, -0.05) is 137 Å². The highest BCUT2D eigenvalue weighted by molar-refractivity contribution is 6.06. The molecule has 324 valence electrons. The lowest BCUT2D eigenvalue weighted by Gasteiger charge is -2.28. The number of hydrogen-bond donors (Lipinski definition) is 0. The van der Waals surface area contributed by atoms with Crippen molar-refractivity contribution in [1.29, 1.82) is 0 Å². The standard InChI is InChI=1S/C63H50N2O2/c1-62(2)55-19-11-8-16-47(55)49-29-27-45(35-57(49)62)65(46-28-30-51-50-18-10-13-21-60(50)67-61(51)36-46)44-25-22-40(23-26-44)53-38-58-54(48-17-9-12-20-56(48)63(58,3)4)37-52(53)41-24-31-59-42(34-41)32-33-66-39-64(59)43-14-6-5-7-15-43/h5-31,34-38H,32-33,39H2,1-4H3. The largest absolute Gasteiger partial charge is 0.456 e. The van der Waals surface area contributed by atoms with Crippen LogP contribution in [-0.2, 0) is 22.0 Å². The van der Waals surface area contributed by atoms with Crippen molar-refractivity contribution in [3.8, 4) is 44.5 Å². The van der Waals surface area contributed by atoms with E-state index in [0.717, 1.165) is 51.1 Å². The fourth-order valence-corrected chi connectivity index (χ4v) is 11.6. The number of nitrogens with zero attached hydrogens (tertiary/aromatic N) is 2. The number of rotatable bonds is 6. The molecule has 0 bridgehead atoms. The molecule has 2 aliphatic carbocycles. The van der Waals surface area contributed by atoms with Gasteiger partial charge in [0.2, 0.25) is 0 Å². The van der Waals surface area contributed by atoms with E-state index in [9.17, 15) is 0 Å². The van der Waals surface area contributed by atoms with Crippen molar-refractivity contribution >= 4 is 50.4 Å². The van der Waals surface area contributed by atoms with Gasteiger partial charge in [0.25, 0.3) is 0 Å². The van der Waals surface area contributed by atoms with E-state index in [4.69, 9.17) is 9.15 Å². The third-order valence-electron chi connectivity index (χ3n) is 15.1. The van der Waals surface area contributed by atoms with Gasteiger partial charge in [0, 0.05) is 56.1 Å². The van der Waals surface area contributed by atoms with Crippen molar-refractivity contribution in [2.24, 2.45) is 0 Å². The minimum absolute atomic E-state index is 0.139. The zero-order valence-corrected chi connectivity index (χ0v) is 38.3. The third-order valence-corrected chi connectivity index (χ3v) is 15.1. The van der Waals surface area contributed by atoms with Crippen molar-refractivity contribution < 1.29 is 9.15 Å². The predicted molar refractivity (Wildman–Crippen MR) is 278 cm³/mol. The van der Waals surface area contributed by atoms with Gasteiger partial charge in [-0.15, -0.1) is 0 Å². The first-order chi connectivity index (χ1) is 32.7. The van der Waals surface area contributed by atoms with Gasteiger partial charge < -0.3 is 19.0 Å². The second-order valence-electron chi connectivity index (χ2n) is 19.6. The maximum atomic E-state index is 6.51. The molecular formula is C63H50N2O2. The number of ether oxygens (including phenoxy) is 1. The Balaban J connectivity index is 0.966. The van der Waals surface area contributed by atoms with Gasteiger partial charge in [-0.25, -0.2) is 0 Å². The summed E-state index contributed by atoms with van der Waals surface area (Å²) in [6.07, 6.45) is 0.846. The highest BCUT2D eigenvalue weighted by atomic mass is 16.5. The van der Waals surface area contributed by atoms with Crippen LogP contribution in [0.2, 0.25) is 0 Å². The molecule has 0 fully saturated rings. The van der Waals surface area contributed by atoms with Gasteiger partial charge in [0.05, 0.1) is 6.61 Å². The zero-order chi connectivity index (χ0) is 45.0. The molecule has 0 saturated carbocycles. The monoisotopic (exact) mass is 866 g/mol. The summed E-state index contributed by atoms with van der Waals surface area (Å²) in [5.41, 5.74) is 23.9. The third kappa shape index (κ3) is 6.16. The van der Waals surface area contributed by atoms with Crippen molar-refractivity contribution in [2.75, 3.05) is 23.1 Å². The normalized spacial score (nSPS) is 15.1. The molecule has 0 radical (unpaired) electrons. The summed E-state index contributed by atoms with van der Waals surface area (Å²) in [5.74, 6) is 0. The van der Waals surface area contributed by atoms with Gasteiger partial charge in [0.1, 0.15) is 17.9 Å². The molecule has 4 heteroatoms. The molecule has 0 unspecified atom stereocenters. The molecule has 0 saturated heterocycles. The highest BCUT2D eigenvalue weighted by Crippen LogP contribution is 2.54. The first kappa shape index (κ1) is 39.7. The fraction of sp³-hybridized carbons (Fsp3) is 0.143. The number of fused-ring (bicyclic) bond motifs is 10. The molecule has 1 aliphatic heterocycles. The first-order valence-electron chi connectivity index (χ1n) is 23.6. The topological polar surface area (TPSA) is 28.9 Å². The Kier molecular flexibility index (Phi) is 8.84. The van der Waals surface area contributed by atoms with Crippen molar-refractivity contribution in [2.45, 2.75) is 44.9 Å². The van der Waals surface area contributed by atoms with Crippen molar-refractivity contribution in [1.82, 2.24) is 0 Å². The molecule has 0 spiro atoms. The molecular weight excluding hydrogens is 817 g/mol. The van der Waals surface area contributed by atoms with Gasteiger partial charge in [-0.2, -0.15) is 0 Å². The van der Waals surface area contributed by atoms with Crippen LogP contribution in [0.25, 0.3) is 66.4 Å². The molecule has 0 N–H and O–H groups in total. The average Bonchev–Trinajstić information content (AvgIpc) is 3.84. The van der Waals surface area contributed by atoms with Crippen LogP contribution in [0, 0.1) is 0 Å². The second kappa shape index (κ2) is 14.9. The van der Waals surface area contributed by atoms with Crippen LogP contribution >= 0.6 is 0 Å². The molecule has 4 nitrogen and oxygen atoms in total. The fourth-order valence-electron chi connectivity index (χ4n) is 11.6. The van der Waals surface area contributed by atoms with E-state index >= 15 is 0 Å². The molecule has 13 rings (SSSR count). The van der Waals surface area contributed by atoms with E-state index in [1.165, 1.54) is 78.0 Å². The number of benzene rings is 9. The molecule has 3 aliphatic rings. The Bertz CT molecular complexity index is 3600. The maximum Gasteiger partial charge on any atom is 0.137 e. The summed E-state index contributed by atoms with van der Waals surface area (Å²) in [7, 11) is 0. The second-order valence-corrected chi connectivity index (χ2v) is 19.6. The van der Waals surface area contributed by atoms with Gasteiger partial charge in [0.15, 0.2) is 0 Å². The number of furan rings is 1.